The number of ether oxygens (including phenoxy) is 1. The van der Waals surface area contributed by atoms with Gasteiger partial charge in [-0.3, -0.25) is 0 Å². The molecule has 0 spiro atoms. The normalized spacial score (nSPS) is 10.3. The van der Waals surface area contributed by atoms with Crippen molar-refractivity contribution < 1.29 is 22.7 Å². The highest BCUT2D eigenvalue weighted by Crippen LogP contribution is 2.08. The monoisotopic (exact) mass is 281 g/mol. The van der Waals surface area contributed by atoms with Gasteiger partial charge in [0.25, 0.3) is 0 Å². The molecule has 0 saturated carbocycles. The third-order valence-corrected chi connectivity index (χ3v) is 3.06. The van der Waals surface area contributed by atoms with Gasteiger partial charge in [0.15, 0.2) is 6.20 Å². The maximum absolute atomic E-state index is 10.4. The van der Waals surface area contributed by atoms with E-state index in [4.69, 9.17) is 4.74 Å². The molecular formula is C13H15NO4S. The Labute approximate surface area is 112 Å². The molecule has 0 amide bonds. The second-order valence-electron chi connectivity index (χ2n) is 3.70. The van der Waals surface area contributed by atoms with Crippen molar-refractivity contribution in [2.45, 2.75) is 11.8 Å². The summed E-state index contributed by atoms with van der Waals surface area (Å²) in [5.41, 5.74) is 0.928. The molecule has 1 N–H and O–H groups in total. The average molecular weight is 281 g/mol. The molecule has 2 rings (SSSR count). The molecule has 1 heterocycles. The Balaban J connectivity index is 0.000000200. The van der Waals surface area contributed by atoms with Crippen molar-refractivity contribution in [3.05, 3.63) is 54.2 Å². The van der Waals surface area contributed by atoms with E-state index in [1.807, 2.05) is 31.3 Å². The Kier molecular flexibility index (Phi) is 5.47. The lowest BCUT2D eigenvalue weighted by atomic mass is 10.2. The van der Waals surface area contributed by atoms with Gasteiger partial charge in [0, 0.05) is 6.07 Å². The Morgan fingerprint density at radius 3 is 2.11 bits per heavy atom. The van der Waals surface area contributed by atoms with E-state index in [-0.39, 0.29) is 4.90 Å². The van der Waals surface area contributed by atoms with Crippen LogP contribution in [-0.4, -0.2) is 20.1 Å². The number of aryl methyl sites for hydroxylation is 1. The molecule has 0 aliphatic rings. The summed E-state index contributed by atoms with van der Waals surface area (Å²) in [4.78, 5) is 2.72. The van der Waals surface area contributed by atoms with E-state index in [9.17, 15) is 13.0 Å². The van der Waals surface area contributed by atoms with E-state index in [1.165, 1.54) is 12.1 Å². The fraction of sp³-hybridized carbons (Fsp3) is 0.154. The number of rotatable bonds is 2. The average Bonchev–Trinajstić information content (AvgIpc) is 2.40. The second kappa shape index (κ2) is 6.86. The molecule has 6 heteroatoms. The van der Waals surface area contributed by atoms with Crippen LogP contribution in [0.5, 0.6) is 5.88 Å². The third kappa shape index (κ3) is 5.50. The van der Waals surface area contributed by atoms with Gasteiger partial charge in [0.1, 0.15) is 10.1 Å². The molecule has 19 heavy (non-hydrogen) atoms. The zero-order chi connectivity index (χ0) is 14.3. The third-order valence-electron chi connectivity index (χ3n) is 2.21. The van der Waals surface area contributed by atoms with Crippen LogP contribution in [0, 0.1) is 6.92 Å². The quantitative estimate of drug-likeness (QED) is 0.779. The fourth-order valence-corrected chi connectivity index (χ4v) is 1.68. The molecule has 0 radical (unpaired) electrons. The number of aromatic amines is 1. The van der Waals surface area contributed by atoms with Gasteiger partial charge in [-0.1, -0.05) is 17.7 Å². The maximum atomic E-state index is 10.4. The van der Waals surface area contributed by atoms with Crippen molar-refractivity contribution in [3.63, 3.8) is 0 Å². The molecule has 5 nitrogen and oxygen atoms in total. The van der Waals surface area contributed by atoms with Crippen LogP contribution in [0.25, 0.3) is 0 Å². The van der Waals surface area contributed by atoms with E-state index in [2.05, 4.69) is 4.98 Å². The Morgan fingerprint density at radius 2 is 1.74 bits per heavy atom. The largest absolute Gasteiger partial charge is 0.744 e. The molecule has 0 aliphatic carbocycles. The number of methoxy groups -OCH3 is 1. The van der Waals surface area contributed by atoms with Gasteiger partial charge in [-0.05, 0) is 25.1 Å². The molecule has 0 atom stereocenters. The summed E-state index contributed by atoms with van der Waals surface area (Å²) < 4.78 is 36.0. The second-order valence-corrected chi connectivity index (χ2v) is 5.08. The van der Waals surface area contributed by atoms with Crippen LogP contribution in [0.2, 0.25) is 0 Å². The van der Waals surface area contributed by atoms with Crippen molar-refractivity contribution in [1.82, 2.24) is 0 Å². The number of nitrogens with one attached hydrogen (secondary N) is 1. The van der Waals surface area contributed by atoms with Crippen molar-refractivity contribution in [2.75, 3.05) is 7.11 Å². The summed E-state index contributed by atoms with van der Waals surface area (Å²) in [5, 5.41) is 0. The van der Waals surface area contributed by atoms with Crippen LogP contribution in [0.1, 0.15) is 5.56 Å². The predicted octanol–water partition coefficient (Wildman–Crippen LogP) is 1.41. The smallest absolute Gasteiger partial charge is 0.365 e. The number of benzene rings is 1. The van der Waals surface area contributed by atoms with Gasteiger partial charge in [0.05, 0.1) is 18.1 Å². The minimum absolute atomic E-state index is 0.178. The van der Waals surface area contributed by atoms with E-state index >= 15 is 0 Å². The number of hydrogen-bond acceptors (Lipinski definition) is 4. The van der Waals surface area contributed by atoms with Crippen LogP contribution < -0.4 is 9.72 Å². The first kappa shape index (κ1) is 15.1. The van der Waals surface area contributed by atoms with Crippen molar-refractivity contribution in [3.8, 4) is 5.88 Å². The van der Waals surface area contributed by atoms with Crippen LogP contribution in [0.4, 0.5) is 0 Å². The molecular weight excluding hydrogens is 266 g/mol. The van der Waals surface area contributed by atoms with Crippen molar-refractivity contribution in [1.29, 1.82) is 0 Å². The van der Waals surface area contributed by atoms with Gasteiger partial charge in [-0.15, -0.1) is 0 Å². The summed E-state index contributed by atoms with van der Waals surface area (Å²) in [7, 11) is -2.64. The summed E-state index contributed by atoms with van der Waals surface area (Å²) in [5.74, 6) is 0.785. The summed E-state index contributed by atoms with van der Waals surface area (Å²) >= 11 is 0. The van der Waals surface area contributed by atoms with E-state index in [0.29, 0.717) is 0 Å². The zero-order valence-electron chi connectivity index (χ0n) is 10.7. The highest BCUT2D eigenvalue weighted by molar-refractivity contribution is 7.85. The number of pyridine rings is 1. The molecule has 0 bridgehead atoms. The molecule has 102 valence electrons. The van der Waals surface area contributed by atoms with Gasteiger partial charge in [0.2, 0.25) is 0 Å². The fourth-order valence-electron chi connectivity index (χ4n) is 1.21. The van der Waals surface area contributed by atoms with Crippen LogP contribution in [-0.2, 0) is 10.1 Å². The Bertz CT molecular complexity index is 594. The topological polar surface area (TPSA) is 80.6 Å². The SMILES string of the molecule is COc1cccc[nH+]1.Cc1ccc(S(=O)(=O)[O-])cc1. The standard InChI is InChI=1S/C7H8O3S.C6H7NO/c1-6-2-4-7(5-3-6)11(8,9)10;1-8-6-4-2-3-5-7-6/h2-5H,1H3,(H,8,9,10);2-5H,1H3. The van der Waals surface area contributed by atoms with Crippen LogP contribution in [0.3, 0.4) is 0 Å². The summed E-state index contributed by atoms with van der Waals surface area (Å²) in [6.45, 7) is 1.82. The van der Waals surface area contributed by atoms with Crippen LogP contribution in [0.15, 0.2) is 53.6 Å². The van der Waals surface area contributed by atoms with Crippen LogP contribution >= 0.6 is 0 Å². The Morgan fingerprint density at radius 1 is 1.11 bits per heavy atom. The lowest BCUT2D eigenvalue weighted by Gasteiger charge is -2.05. The van der Waals surface area contributed by atoms with E-state index < -0.39 is 10.1 Å². The zero-order valence-corrected chi connectivity index (χ0v) is 11.5. The number of H-pyrrole nitrogens is 1. The maximum Gasteiger partial charge on any atom is 0.365 e. The molecule has 0 saturated heterocycles. The Hall–Kier alpha value is -1.92. The van der Waals surface area contributed by atoms with Gasteiger partial charge >= 0.3 is 5.88 Å². The lowest BCUT2D eigenvalue weighted by Crippen LogP contribution is -2.04. The highest BCUT2D eigenvalue weighted by Gasteiger charge is 1.97. The van der Waals surface area contributed by atoms with Gasteiger partial charge in [-0.25, -0.2) is 8.42 Å². The lowest BCUT2D eigenvalue weighted by molar-refractivity contribution is -0.392. The molecule has 0 aliphatic heterocycles. The highest BCUT2D eigenvalue weighted by atomic mass is 32.2. The van der Waals surface area contributed by atoms with Crippen molar-refractivity contribution >= 4 is 10.1 Å². The van der Waals surface area contributed by atoms with Gasteiger partial charge in [-0.2, -0.15) is 4.98 Å². The summed E-state index contributed by atoms with van der Waals surface area (Å²) in [6, 6.07) is 11.5. The first-order chi connectivity index (χ1) is 8.93. The van der Waals surface area contributed by atoms with Gasteiger partial charge < -0.3 is 9.29 Å². The van der Waals surface area contributed by atoms with Crippen molar-refractivity contribution in [2.24, 2.45) is 0 Å². The first-order valence-electron chi connectivity index (χ1n) is 5.47. The summed E-state index contributed by atoms with van der Waals surface area (Å²) in [6.07, 6.45) is 1.82. The molecule has 1 aromatic carbocycles. The number of hydrogen-bond donors (Lipinski definition) is 0. The predicted molar refractivity (Wildman–Crippen MR) is 68.7 cm³/mol. The minimum atomic E-state index is -4.27. The number of aromatic nitrogens is 1. The first-order valence-corrected chi connectivity index (χ1v) is 6.87. The minimum Gasteiger partial charge on any atom is -0.744 e. The molecule has 2 aromatic rings. The van der Waals surface area contributed by atoms with E-state index in [0.717, 1.165) is 11.4 Å². The molecule has 0 fully saturated rings. The molecule has 0 unspecified atom stereocenters. The molecule has 1 aromatic heterocycles. The van der Waals surface area contributed by atoms with E-state index in [1.54, 1.807) is 19.2 Å².